The van der Waals surface area contributed by atoms with Crippen LogP contribution < -0.4 is 10.1 Å². The van der Waals surface area contributed by atoms with Gasteiger partial charge in [-0.05, 0) is 37.9 Å². The van der Waals surface area contributed by atoms with Crippen LogP contribution in [-0.4, -0.2) is 24.7 Å². The van der Waals surface area contributed by atoms with Gasteiger partial charge in [0, 0.05) is 11.8 Å². The third kappa shape index (κ3) is 5.68. The third-order valence-electron chi connectivity index (χ3n) is 2.51. The third-order valence-corrected chi connectivity index (χ3v) is 2.51. The smallest absolute Gasteiger partial charge is 0.213 e. The zero-order valence-corrected chi connectivity index (χ0v) is 11.2. The van der Waals surface area contributed by atoms with Gasteiger partial charge >= 0.3 is 0 Å². The highest BCUT2D eigenvalue weighted by Crippen LogP contribution is 2.15. The second kappa shape index (κ2) is 8.07. The number of pyridine rings is 1. The number of ether oxygens (including phenoxy) is 1. The monoisotopic (exact) mass is 236 g/mol. The second-order valence-electron chi connectivity index (χ2n) is 4.51. The van der Waals surface area contributed by atoms with Crippen LogP contribution in [0.3, 0.4) is 0 Å². The SMILES string of the molecule is CCCNCCCOc1cccc(C(C)C)n1. The van der Waals surface area contributed by atoms with E-state index in [-0.39, 0.29) is 0 Å². The first kappa shape index (κ1) is 14.0. The molecule has 0 unspecified atom stereocenters. The van der Waals surface area contributed by atoms with E-state index in [1.165, 1.54) is 6.42 Å². The lowest BCUT2D eigenvalue weighted by Crippen LogP contribution is -2.18. The Morgan fingerprint density at radius 2 is 2.12 bits per heavy atom. The molecule has 0 fully saturated rings. The summed E-state index contributed by atoms with van der Waals surface area (Å²) in [4.78, 5) is 4.46. The molecule has 3 heteroatoms. The van der Waals surface area contributed by atoms with Crippen molar-refractivity contribution in [1.82, 2.24) is 10.3 Å². The van der Waals surface area contributed by atoms with Gasteiger partial charge in [0.05, 0.1) is 6.61 Å². The Kier molecular flexibility index (Phi) is 6.63. The zero-order chi connectivity index (χ0) is 12.5. The van der Waals surface area contributed by atoms with Crippen LogP contribution in [0.2, 0.25) is 0 Å². The number of hydrogen-bond donors (Lipinski definition) is 1. The Labute approximate surface area is 105 Å². The highest BCUT2D eigenvalue weighted by atomic mass is 16.5. The van der Waals surface area contributed by atoms with Crippen LogP contribution in [0.5, 0.6) is 5.88 Å². The van der Waals surface area contributed by atoms with Crippen molar-refractivity contribution in [3.63, 3.8) is 0 Å². The lowest BCUT2D eigenvalue weighted by Gasteiger charge is -2.09. The minimum Gasteiger partial charge on any atom is -0.478 e. The first-order valence-electron chi connectivity index (χ1n) is 6.54. The molecule has 96 valence electrons. The van der Waals surface area contributed by atoms with Crippen LogP contribution in [0.4, 0.5) is 0 Å². The average molecular weight is 236 g/mol. The van der Waals surface area contributed by atoms with E-state index >= 15 is 0 Å². The standard InChI is InChI=1S/C14H24N2O/c1-4-9-15-10-6-11-17-14-8-5-7-13(16-14)12(2)3/h5,7-8,12,15H,4,6,9-11H2,1-3H3. The molecule has 1 aromatic heterocycles. The highest BCUT2D eigenvalue weighted by molar-refractivity contribution is 5.17. The van der Waals surface area contributed by atoms with Crippen molar-refractivity contribution >= 4 is 0 Å². The van der Waals surface area contributed by atoms with Gasteiger partial charge in [-0.1, -0.05) is 26.8 Å². The summed E-state index contributed by atoms with van der Waals surface area (Å²) in [6.07, 6.45) is 2.20. The minimum absolute atomic E-state index is 0.449. The van der Waals surface area contributed by atoms with Gasteiger partial charge in [-0.25, -0.2) is 4.98 Å². The van der Waals surface area contributed by atoms with Crippen molar-refractivity contribution in [1.29, 1.82) is 0 Å². The Morgan fingerprint density at radius 3 is 2.82 bits per heavy atom. The molecule has 3 nitrogen and oxygen atoms in total. The molecule has 0 spiro atoms. The predicted molar refractivity (Wildman–Crippen MR) is 71.6 cm³/mol. The van der Waals surface area contributed by atoms with Gasteiger partial charge in [0.15, 0.2) is 0 Å². The van der Waals surface area contributed by atoms with Gasteiger partial charge in [-0.3, -0.25) is 0 Å². The second-order valence-corrected chi connectivity index (χ2v) is 4.51. The normalized spacial score (nSPS) is 10.8. The summed E-state index contributed by atoms with van der Waals surface area (Å²) >= 11 is 0. The number of nitrogens with zero attached hydrogens (tertiary/aromatic N) is 1. The van der Waals surface area contributed by atoms with Crippen molar-refractivity contribution < 1.29 is 4.74 Å². The van der Waals surface area contributed by atoms with Crippen molar-refractivity contribution in [3.05, 3.63) is 23.9 Å². The van der Waals surface area contributed by atoms with E-state index in [9.17, 15) is 0 Å². The molecule has 0 amide bonds. The maximum absolute atomic E-state index is 5.63. The first-order valence-corrected chi connectivity index (χ1v) is 6.54. The molecule has 0 aromatic carbocycles. The van der Waals surface area contributed by atoms with Crippen molar-refractivity contribution in [2.24, 2.45) is 0 Å². The average Bonchev–Trinajstić information content (AvgIpc) is 2.34. The van der Waals surface area contributed by atoms with Gasteiger partial charge < -0.3 is 10.1 Å². The summed E-state index contributed by atoms with van der Waals surface area (Å²) in [6.45, 7) is 9.27. The molecule has 1 heterocycles. The van der Waals surface area contributed by atoms with Gasteiger partial charge in [-0.15, -0.1) is 0 Å². The Morgan fingerprint density at radius 1 is 1.29 bits per heavy atom. The lowest BCUT2D eigenvalue weighted by atomic mass is 10.1. The van der Waals surface area contributed by atoms with Gasteiger partial charge in [-0.2, -0.15) is 0 Å². The van der Waals surface area contributed by atoms with Gasteiger partial charge in [0.25, 0.3) is 0 Å². The highest BCUT2D eigenvalue weighted by Gasteiger charge is 2.02. The largest absolute Gasteiger partial charge is 0.478 e. The topological polar surface area (TPSA) is 34.1 Å². The number of aromatic nitrogens is 1. The summed E-state index contributed by atoms with van der Waals surface area (Å²) in [7, 11) is 0. The van der Waals surface area contributed by atoms with Crippen LogP contribution >= 0.6 is 0 Å². The Balaban J connectivity index is 2.24. The first-order chi connectivity index (χ1) is 8.24. The molecular weight excluding hydrogens is 212 g/mol. The Hall–Kier alpha value is -1.09. The summed E-state index contributed by atoms with van der Waals surface area (Å²) in [6, 6.07) is 5.97. The molecule has 0 radical (unpaired) electrons. The van der Waals surface area contributed by atoms with E-state index < -0.39 is 0 Å². The zero-order valence-electron chi connectivity index (χ0n) is 11.2. The van der Waals surface area contributed by atoms with E-state index in [4.69, 9.17) is 4.74 Å². The summed E-state index contributed by atoms with van der Waals surface area (Å²) in [5.74, 6) is 1.19. The Bertz CT molecular complexity index is 313. The number of nitrogens with one attached hydrogen (secondary N) is 1. The van der Waals surface area contributed by atoms with Crippen LogP contribution in [0.15, 0.2) is 18.2 Å². The van der Waals surface area contributed by atoms with E-state index in [0.29, 0.717) is 5.92 Å². The maximum Gasteiger partial charge on any atom is 0.213 e. The molecule has 0 aliphatic heterocycles. The fourth-order valence-corrected chi connectivity index (χ4v) is 1.51. The molecule has 0 saturated carbocycles. The number of hydrogen-bond acceptors (Lipinski definition) is 3. The molecule has 1 rings (SSSR count). The fraction of sp³-hybridized carbons (Fsp3) is 0.643. The van der Waals surface area contributed by atoms with Gasteiger partial charge in [0.2, 0.25) is 5.88 Å². The van der Waals surface area contributed by atoms with Crippen LogP contribution in [0.1, 0.15) is 45.2 Å². The molecule has 0 bridgehead atoms. The fourth-order valence-electron chi connectivity index (χ4n) is 1.51. The molecule has 17 heavy (non-hydrogen) atoms. The quantitative estimate of drug-likeness (QED) is 0.705. The summed E-state index contributed by atoms with van der Waals surface area (Å²) < 4.78 is 5.63. The van der Waals surface area contributed by atoms with E-state index in [1.807, 2.05) is 18.2 Å². The van der Waals surface area contributed by atoms with Crippen LogP contribution in [-0.2, 0) is 0 Å². The van der Waals surface area contributed by atoms with E-state index in [1.54, 1.807) is 0 Å². The predicted octanol–water partition coefficient (Wildman–Crippen LogP) is 2.97. The maximum atomic E-state index is 5.63. The minimum atomic E-state index is 0.449. The van der Waals surface area contributed by atoms with Gasteiger partial charge in [0.1, 0.15) is 0 Å². The van der Waals surface area contributed by atoms with Crippen LogP contribution in [0, 0.1) is 0 Å². The molecule has 0 saturated heterocycles. The van der Waals surface area contributed by atoms with Crippen molar-refractivity contribution in [3.8, 4) is 5.88 Å². The summed E-state index contributed by atoms with van der Waals surface area (Å²) in [5, 5.41) is 3.35. The number of rotatable bonds is 8. The molecule has 0 atom stereocenters. The van der Waals surface area contributed by atoms with Crippen molar-refractivity contribution in [2.75, 3.05) is 19.7 Å². The molecule has 1 N–H and O–H groups in total. The van der Waals surface area contributed by atoms with Crippen molar-refractivity contribution in [2.45, 2.75) is 39.5 Å². The molecule has 0 aliphatic rings. The summed E-state index contributed by atoms with van der Waals surface area (Å²) in [5.41, 5.74) is 1.09. The van der Waals surface area contributed by atoms with E-state index in [0.717, 1.165) is 37.7 Å². The van der Waals surface area contributed by atoms with E-state index in [2.05, 4.69) is 31.1 Å². The molecular formula is C14H24N2O. The lowest BCUT2D eigenvalue weighted by molar-refractivity contribution is 0.296. The molecule has 0 aliphatic carbocycles. The molecule has 1 aromatic rings. The van der Waals surface area contributed by atoms with Crippen LogP contribution in [0.25, 0.3) is 0 Å².